The molecule has 0 aliphatic carbocycles. The predicted molar refractivity (Wildman–Crippen MR) is 144 cm³/mol. The van der Waals surface area contributed by atoms with Gasteiger partial charge in [-0.2, -0.15) is 0 Å². The highest BCUT2D eigenvalue weighted by atomic mass is 35.5. The summed E-state index contributed by atoms with van der Waals surface area (Å²) in [6.45, 7) is 1.28. The average Bonchev–Trinajstić information content (AvgIpc) is 2.89. The first-order chi connectivity index (χ1) is 17.8. The van der Waals surface area contributed by atoms with E-state index in [-0.39, 0.29) is 41.0 Å². The molecule has 3 rings (SSSR count). The van der Waals surface area contributed by atoms with Crippen molar-refractivity contribution in [3.05, 3.63) is 76.6 Å². The van der Waals surface area contributed by atoms with Crippen molar-refractivity contribution in [2.24, 2.45) is 5.73 Å². The number of halogens is 1. The number of rotatable bonds is 13. The quantitative estimate of drug-likeness (QED) is 0.212. The first kappa shape index (κ1) is 27.7. The van der Waals surface area contributed by atoms with Crippen molar-refractivity contribution in [2.45, 2.75) is 38.3 Å². The maximum atomic E-state index is 12.2. The molecule has 0 bridgehead atoms. The monoisotopic (exact) mass is 525 g/mol. The zero-order chi connectivity index (χ0) is 26.6. The number of hydrogen-bond acceptors (Lipinski definition) is 8. The number of nitrogens with two attached hydrogens (primary N) is 3. The maximum Gasteiger partial charge on any atom is 0.273 e. The number of carbonyl (C=O) groups excluding carboxylic acids is 2. The van der Waals surface area contributed by atoms with Gasteiger partial charge in [0.05, 0.1) is 6.42 Å². The number of nitrogens with one attached hydrogen (secondary N) is 2. The molecule has 0 saturated carbocycles. The number of anilines is 2. The fraction of sp³-hybridized carbons (Fsp3) is 0.308. The number of hydrogen-bond donors (Lipinski definition) is 5. The van der Waals surface area contributed by atoms with Gasteiger partial charge in [0.1, 0.15) is 12.4 Å². The molecule has 196 valence electrons. The second kappa shape index (κ2) is 14.0. The van der Waals surface area contributed by atoms with Gasteiger partial charge >= 0.3 is 0 Å². The van der Waals surface area contributed by atoms with Gasteiger partial charge in [-0.25, -0.2) is 9.97 Å². The summed E-state index contributed by atoms with van der Waals surface area (Å²) in [4.78, 5) is 32.1. The average molecular weight is 526 g/mol. The molecule has 0 unspecified atom stereocenters. The normalized spacial score (nSPS) is 11.5. The van der Waals surface area contributed by atoms with Gasteiger partial charge in [-0.05, 0) is 36.1 Å². The second-order valence-corrected chi connectivity index (χ2v) is 8.90. The maximum absolute atomic E-state index is 12.2. The van der Waals surface area contributed by atoms with Gasteiger partial charge in [0.15, 0.2) is 22.5 Å². The van der Waals surface area contributed by atoms with Gasteiger partial charge in [-0.1, -0.05) is 60.5 Å². The largest absolute Gasteiger partial charge is 0.489 e. The molecule has 0 radical (unpaired) electrons. The summed E-state index contributed by atoms with van der Waals surface area (Å²) in [6, 6.07) is 17.2. The lowest BCUT2D eigenvalue weighted by Gasteiger charge is -2.13. The number of nitrogen functional groups attached to an aromatic ring is 2. The van der Waals surface area contributed by atoms with Crippen LogP contribution >= 0.6 is 11.6 Å². The number of amides is 2. The van der Waals surface area contributed by atoms with Crippen LogP contribution in [0.15, 0.2) is 54.6 Å². The second-order valence-electron chi connectivity index (χ2n) is 8.54. The van der Waals surface area contributed by atoms with Crippen LogP contribution in [-0.4, -0.2) is 40.9 Å². The molecule has 2 aromatic carbocycles. The zero-order valence-electron chi connectivity index (χ0n) is 20.5. The SMILES string of the molecule is Nc1nc(N)c(C(=O)NC[C@@H](N)CCCCNC(=O)Cc2ccc(OCc3ccccc3)cc2)nc1Cl. The van der Waals surface area contributed by atoms with E-state index in [0.717, 1.165) is 29.7 Å². The highest BCUT2D eigenvalue weighted by molar-refractivity contribution is 6.31. The van der Waals surface area contributed by atoms with Gasteiger partial charge in [0.2, 0.25) is 5.91 Å². The Bertz CT molecular complexity index is 1180. The highest BCUT2D eigenvalue weighted by Gasteiger charge is 2.16. The van der Waals surface area contributed by atoms with Crippen molar-refractivity contribution in [3.8, 4) is 5.75 Å². The molecule has 1 heterocycles. The summed E-state index contributed by atoms with van der Waals surface area (Å²) in [5, 5.41) is 5.50. The number of benzene rings is 2. The molecule has 10 nitrogen and oxygen atoms in total. The van der Waals surface area contributed by atoms with Gasteiger partial charge < -0.3 is 32.6 Å². The summed E-state index contributed by atoms with van der Waals surface area (Å²) >= 11 is 5.80. The lowest BCUT2D eigenvalue weighted by atomic mass is 10.1. The van der Waals surface area contributed by atoms with E-state index in [0.29, 0.717) is 26.0 Å². The number of carbonyl (C=O) groups is 2. The Morgan fingerprint density at radius 2 is 1.65 bits per heavy atom. The van der Waals surface area contributed by atoms with Crippen LogP contribution in [0.25, 0.3) is 0 Å². The Morgan fingerprint density at radius 3 is 2.38 bits per heavy atom. The van der Waals surface area contributed by atoms with Gasteiger partial charge in [0.25, 0.3) is 5.91 Å². The van der Waals surface area contributed by atoms with Gasteiger partial charge in [-0.15, -0.1) is 0 Å². The molecule has 0 aliphatic rings. The van der Waals surface area contributed by atoms with E-state index in [9.17, 15) is 9.59 Å². The molecular weight excluding hydrogens is 494 g/mol. The first-order valence-electron chi connectivity index (χ1n) is 12.0. The molecule has 11 heteroatoms. The number of unbranched alkanes of at least 4 members (excludes halogenated alkanes) is 1. The van der Waals surface area contributed by atoms with Crippen LogP contribution in [0.3, 0.4) is 0 Å². The lowest BCUT2D eigenvalue weighted by molar-refractivity contribution is -0.120. The van der Waals surface area contributed by atoms with Gasteiger partial charge in [-0.3, -0.25) is 9.59 Å². The van der Waals surface area contributed by atoms with E-state index in [1.165, 1.54) is 0 Å². The van der Waals surface area contributed by atoms with Crippen molar-refractivity contribution >= 4 is 35.1 Å². The van der Waals surface area contributed by atoms with E-state index in [1.807, 2.05) is 54.6 Å². The molecule has 0 aliphatic heterocycles. The number of ether oxygens (including phenoxy) is 1. The van der Waals surface area contributed by atoms with E-state index in [2.05, 4.69) is 20.6 Å². The van der Waals surface area contributed by atoms with Crippen molar-refractivity contribution < 1.29 is 14.3 Å². The Morgan fingerprint density at radius 1 is 0.919 bits per heavy atom. The Balaban J connectivity index is 1.27. The zero-order valence-corrected chi connectivity index (χ0v) is 21.2. The molecule has 1 aromatic heterocycles. The Hall–Kier alpha value is -3.89. The minimum atomic E-state index is -0.523. The molecule has 0 fully saturated rings. The molecule has 1 atom stereocenters. The molecule has 37 heavy (non-hydrogen) atoms. The fourth-order valence-corrected chi connectivity index (χ4v) is 3.60. The summed E-state index contributed by atoms with van der Waals surface area (Å²) in [5.74, 6) is 0.0487. The third-order valence-corrected chi connectivity index (χ3v) is 5.78. The van der Waals surface area contributed by atoms with Crippen molar-refractivity contribution in [1.82, 2.24) is 20.6 Å². The summed E-state index contributed by atoms with van der Waals surface area (Å²) < 4.78 is 5.77. The standard InChI is InChI=1S/C26H32ClN7O3/c27-23-25(30)34-24(29)22(33-23)26(36)32-15-19(28)8-4-5-13-31-21(35)14-17-9-11-20(12-10-17)37-16-18-6-2-1-3-7-18/h1-3,6-7,9-12,19H,4-5,8,13-16,28H2,(H,31,35)(H,32,36)(H4,29,30,34)/t19-/m0/s1. The third kappa shape index (κ3) is 9.25. The van der Waals surface area contributed by atoms with Crippen molar-refractivity contribution in [1.29, 1.82) is 0 Å². The minimum absolute atomic E-state index is 0.0402. The highest BCUT2D eigenvalue weighted by Crippen LogP contribution is 2.17. The summed E-state index contributed by atoms with van der Waals surface area (Å²) in [5.41, 5.74) is 19.2. The Labute approximate surface area is 220 Å². The molecule has 3 aromatic rings. The van der Waals surface area contributed by atoms with E-state index in [4.69, 9.17) is 33.5 Å². The van der Waals surface area contributed by atoms with Crippen LogP contribution in [0.5, 0.6) is 5.75 Å². The van der Waals surface area contributed by atoms with Crippen molar-refractivity contribution in [3.63, 3.8) is 0 Å². The first-order valence-corrected chi connectivity index (χ1v) is 12.3. The third-order valence-electron chi connectivity index (χ3n) is 5.50. The van der Waals surface area contributed by atoms with Crippen LogP contribution in [0, 0.1) is 0 Å². The molecule has 0 saturated heterocycles. The molecule has 0 spiro atoms. The molecule has 2 amide bonds. The molecule has 8 N–H and O–H groups in total. The smallest absolute Gasteiger partial charge is 0.273 e. The summed E-state index contributed by atoms with van der Waals surface area (Å²) in [7, 11) is 0. The Kier molecular flexibility index (Phi) is 10.5. The van der Waals surface area contributed by atoms with E-state index < -0.39 is 5.91 Å². The summed E-state index contributed by atoms with van der Waals surface area (Å²) in [6.07, 6.45) is 2.53. The minimum Gasteiger partial charge on any atom is -0.489 e. The van der Waals surface area contributed by atoms with Crippen LogP contribution in [0.2, 0.25) is 5.15 Å². The van der Waals surface area contributed by atoms with Crippen LogP contribution in [0.4, 0.5) is 11.6 Å². The van der Waals surface area contributed by atoms with Crippen LogP contribution in [0.1, 0.15) is 40.9 Å². The number of nitrogens with zero attached hydrogens (tertiary/aromatic N) is 2. The van der Waals surface area contributed by atoms with Crippen molar-refractivity contribution in [2.75, 3.05) is 24.6 Å². The molecular formula is C26H32ClN7O3. The fourth-order valence-electron chi connectivity index (χ4n) is 3.47. The van der Waals surface area contributed by atoms with E-state index in [1.54, 1.807) is 0 Å². The topological polar surface area (TPSA) is 171 Å². The van der Waals surface area contributed by atoms with Gasteiger partial charge in [0, 0.05) is 19.1 Å². The van der Waals surface area contributed by atoms with E-state index >= 15 is 0 Å². The lowest BCUT2D eigenvalue weighted by Crippen LogP contribution is -2.38. The van der Waals surface area contributed by atoms with Crippen LogP contribution in [-0.2, 0) is 17.8 Å². The number of aromatic nitrogens is 2. The van der Waals surface area contributed by atoms with Crippen LogP contribution < -0.4 is 32.6 Å². The predicted octanol–water partition coefficient (Wildman–Crippen LogP) is 2.46.